The van der Waals surface area contributed by atoms with Gasteiger partial charge in [-0.05, 0) is 44.1 Å². The van der Waals surface area contributed by atoms with Crippen LogP contribution in [0, 0.1) is 17.3 Å². The molecule has 0 spiro atoms. The Bertz CT molecular complexity index is 212. The zero-order valence-corrected chi connectivity index (χ0v) is 9.72. The molecule has 2 aliphatic rings. The van der Waals surface area contributed by atoms with E-state index in [1.807, 2.05) is 0 Å². The first kappa shape index (κ1) is 9.51. The van der Waals surface area contributed by atoms with Crippen molar-refractivity contribution >= 4 is 0 Å². The van der Waals surface area contributed by atoms with Gasteiger partial charge < -0.3 is 0 Å². The molecule has 0 amide bonds. The molecule has 0 aromatic carbocycles. The van der Waals surface area contributed by atoms with Crippen molar-refractivity contribution < 1.29 is 0 Å². The van der Waals surface area contributed by atoms with Gasteiger partial charge in [0, 0.05) is 12.1 Å². The lowest BCUT2D eigenvalue weighted by atomic mass is 9.65. The molecule has 2 fully saturated rings. The smallest absolute Gasteiger partial charge is 0.0189 e. The third-order valence-electron chi connectivity index (χ3n) is 4.21. The average Bonchev–Trinajstić information content (AvgIpc) is 2.38. The van der Waals surface area contributed by atoms with Crippen LogP contribution < -0.4 is 0 Å². The number of nitrogens with zero attached hydrogens (tertiary/aromatic N) is 1. The van der Waals surface area contributed by atoms with Gasteiger partial charge in [0.25, 0.3) is 0 Å². The van der Waals surface area contributed by atoms with Gasteiger partial charge in [0.1, 0.15) is 0 Å². The van der Waals surface area contributed by atoms with E-state index >= 15 is 0 Å². The summed E-state index contributed by atoms with van der Waals surface area (Å²) in [6.07, 6.45) is 1.44. The standard InChI is InChI=1S/C12H23N/c1-11(2,3)10-9-6-7-13(8-9)12(10,4)5/h9-10H,6-8H2,1-5H3. The molecular formula is C12H23N. The highest BCUT2D eigenvalue weighted by Crippen LogP contribution is 2.52. The number of hydrogen-bond donors (Lipinski definition) is 0. The molecule has 13 heavy (non-hydrogen) atoms. The molecule has 0 aromatic rings. The summed E-state index contributed by atoms with van der Waals surface area (Å²) in [5.41, 5.74) is 0.921. The Kier molecular flexibility index (Phi) is 1.83. The predicted octanol–water partition coefficient (Wildman–Crippen LogP) is 2.76. The van der Waals surface area contributed by atoms with E-state index in [0.29, 0.717) is 11.0 Å². The molecule has 3 unspecified atom stereocenters. The fourth-order valence-corrected chi connectivity index (χ4v) is 4.12. The molecule has 76 valence electrons. The number of piperidine rings is 1. The Morgan fingerprint density at radius 1 is 1.23 bits per heavy atom. The number of hydrogen-bond acceptors (Lipinski definition) is 1. The van der Waals surface area contributed by atoms with Crippen LogP contribution in [-0.4, -0.2) is 23.5 Å². The van der Waals surface area contributed by atoms with Gasteiger partial charge >= 0.3 is 0 Å². The lowest BCUT2D eigenvalue weighted by Gasteiger charge is -2.46. The second kappa shape index (κ2) is 2.50. The minimum Gasteiger partial charge on any atom is -0.298 e. The van der Waals surface area contributed by atoms with Crippen LogP contribution in [0.25, 0.3) is 0 Å². The molecule has 0 radical (unpaired) electrons. The molecule has 3 atom stereocenters. The van der Waals surface area contributed by atoms with E-state index in [9.17, 15) is 0 Å². The first-order valence-electron chi connectivity index (χ1n) is 5.58. The maximum atomic E-state index is 2.69. The van der Waals surface area contributed by atoms with Crippen molar-refractivity contribution in [3.8, 4) is 0 Å². The highest BCUT2D eigenvalue weighted by atomic mass is 15.3. The van der Waals surface area contributed by atoms with E-state index in [2.05, 4.69) is 39.5 Å². The van der Waals surface area contributed by atoms with Crippen LogP contribution >= 0.6 is 0 Å². The summed E-state index contributed by atoms with van der Waals surface area (Å²) in [5, 5.41) is 0. The monoisotopic (exact) mass is 181 g/mol. The molecule has 2 rings (SSSR count). The Hall–Kier alpha value is -0.0400. The summed E-state index contributed by atoms with van der Waals surface area (Å²) in [6.45, 7) is 14.8. The predicted molar refractivity (Wildman–Crippen MR) is 56.7 cm³/mol. The van der Waals surface area contributed by atoms with Crippen molar-refractivity contribution in [1.29, 1.82) is 0 Å². The van der Waals surface area contributed by atoms with Crippen LogP contribution in [0.5, 0.6) is 0 Å². The maximum absolute atomic E-state index is 2.69. The Balaban J connectivity index is 2.29. The zero-order valence-electron chi connectivity index (χ0n) is 9.72. The van der Waals surface area contributed by atoms with Crippen LogP contribution in [0.15, 0.2) is 0 Å². The van der Waals surface area contributed by atoms with Crippen LogP contribution in [0.2, 0.25) is 0 Å². The summed E-state index contributed by atoms with van der Waals surface area (Å²) in [6, 6.07) is 0. The molecular weight excluding hydrogens is 158 g/mol. The molecule has 0 aromatic heterocycles. The molecule has 2 saturated heterocycles. The fourth-order valence-electron chi connectivity index (χ4n) is 4.12. The van der Waals surface area contributed by atoms with E-state index in [4.69, 9.17) is 0 Å². The van der Waals surface area contributed by atoms with E-state index in [0.717, 1.165) is 11.8 Å². The average molecular weight is 181 g/mol. The Morgan fingerprint density at radius 3 is 2.15 bits per heavy atom. The summed E-state index contributed by atoms with van der Waals surface area (Å²) in [5.74, 6) is 1.85. The maximum Gasteiger partial charge on any atom is 0.0189 e. The minimum atomic E-state index is 0.446. The molecule has 1 nitrogen and oxygen atoms in total. The van der Waals surface area contributed by atoms with Crippen LogP contribution in [0.4, 0.5) is 0 Å². The second-order valence-electron chi connectivity index (χ2n) is 6.49. The van der Waals surface area contributed by atoms with Gasteiger partial charge in [-0.2, -0.15) is 0 Å². The quantitative estimate of drug-likeness (QED) is 0.555. The molecule has 2 heterocycles. The molecule has 0 saturated carbocycles. The molecule has 0 aliphatic carbocycles. The van der Waals surface area contributed by atoms with Crippen molar-refractivity contribution in [3.05, 3.63) is 0 Å². The van der Waals surface area contributed by atoms with Crippen molar-refractivity contribution in [2.75, 3.05) is 13.1 Å². The molecule has 2 aliphatic heterocycles. The lowest BCUT2D eigenvalue weighted by Crippen LogP contribution is -2.49. The second-order valence-corrected chi connectivity index (χ2v) is 6.49. The highest BCUT2D eigenvalue weighted by molar-refractivity contribution is 5.07. The van der Waals surface area contributed by atoms with Crippen molar-refractivity contribution in [3.63, 3.8) is 0 Å². The van der Waals surface area contributed by atoms with E-state index in [1.165, 1.54) is 19.5 Å². The number of rotatable bonds is 0. The normalized spacial score (nSPS) is 42.7. The topological polar surface area (TPSA) is 3.24 Å². The SMILES string of the molecule is CC(C)(C)C1C2CCN(C2)C1(C)C. The van der Waals surface area contributed by atoms with Gasteiger partial charge in [-0.1, -0.05) is 20.8 Å². The largest absolute Gasteiger partial charge is 0.298 e. The van der Waals surface area contributed by atoms with Crippen LogP contribution in [0.3, 0.4) is 0 Å². The number of fused-ring (bicyclic) bond motifs is 2. The van der Waals surface area contributed by atoms with Crippen LogP contribution in [0.1, 0.15) is 41.0 Å². The lowest BCUT2D eigenvalue weighted by molar-refractivity contribution is 0.0389. The van der Waals surface area contributed by atoms with Crippen molar-refractivity contribution in [2.45, 2.75) is 46.6 Å². The van der Waals surface area contributed by atoms with E-state index in [1.54, 1.807) is 0 Å². The molecule has 0 N–H and O–H groups in total. The van der Waals surface area contributed by atoms with Gasteiger partial charge in [0.05, 0.1) is 0 Å². The molecule has 2 bridgehead atoms. The van der Waals surface area contributed by atoms with Gasteiger partial charge in [-0.25, -0.2) is 0 Å². The third kappa shape index (κ3) is 1.24. The summed E-state index contributed by atoms with van der Waals surface area (Å²) in [7, 11) is 0. The highest BCUT2D eigenvalue weighted by Gasteiger charge is 2.54. The van der Waals surface area contributed by atoms with Gasteiger partial charge in [-0.15, -0.1) is 0 Å². The van der Waals surface area contributed by atoms with Crippen molar-refractivity contribution in [2.24, 2.45) is 17.3 Å². The Morgan fingerprint density at radius 2 is 1.85 bits per heavy atom. The van der Waals surface area contributed by atoms with Crippen LogP contribution in [-0.2, 0) is 0 Å². The van der Waals surface area contributed by atoms with E-state index in [-0.39, 0.29) is 0 Å². The summed E-state index contributed by atoms with van der Waals surface area (Å²) < 4.78 is 0. The van der Waals surface area contributed by atoms with Gasteiger partial charge in [0.15, 0.2) is 0 Å². The summed E-state index contributed by atoms with van der Waals surface area (Å²) in [4.78, 5) is 2.69. The van der Waals surface area contributed by atoms with Gasteiger partial charge in [-0.3, -0.25) is 4.90 Å². The summed E-state index contributed by atoms with van der Waals surface area (Å²) >= 11 is 0. The first-order chi connectivity index (χ1) is 5.83. The van der Waals surface area contributed by atoms with E-state index < -0.39 is 0 Å². The zero-order chi connectivity index (χ0) is 9.85. The minimum absolute atomic E-state index is 0.446. The fraction of sp³-hybridized carbons (Fsp3) is 1.00. The third-order valence-corrected chi connectivity index (χ3v) is 4.21. The Labute approximate surface area is 82.5 Å². The molecule has 1 heteroatoms. The first-order valence-corrected chi connectivity index (χ1v) is 5.58. The van der Waals surface area contributed by atoms with Crippen molar-refractivity contribution in [1.82, 2.24) is 4.90 Å². The van der Waals surface area contributed by atoms with Gasteiger partial charge in [0.2, 0.25) is 0 Å².